The van der Waals surface area contributed by atoms with Crippen molar-refractivity contribution in [1.82, 2.24) is 4.98 Å². The molecule has 0 fully saturated rings. The lowest BCUT2D eigenvalue weighted by Crippen LogP contribution is -2.13. The molecule has 4 nitrogen and oxygen atoms in total. The predicted octanol–water partition coefficient (Wildman–Crippen LogP) is 4.78. The van der Waals surface area contributed by atoms with Gasteiger partial charge in [-0.15, -0.1) is 0 Å². The lowest BCUT2D eigenvalue weighted by atomic mass is 10.1. The first kappa shape index (κ1) is 16.6. The van der Waals surface area contributed by atoms with Gasteiger partial charge in [-0.3, -0.25) is 4.79 Å². The smallest absolute Gasteiger partial charge is 0.274 e. The maximum Gasteiger partial charge on any atom is 0.274 e. The summed E-state index contributed by atoms with van der Waals surface area (Å²) in [5.74, 6) is -0.788. The van der Waals surface area contributed by atoms with Gasteiger partial charge < -0.3 is 10.6 Å². The van der Waals surface area contributed by atoms with Gasteiger partial charge in [0.1, 0.15) is 11.5 Å². The molecule has 5 heteroatoms. The highest BCUT2D eigenvalue weighted by molar-refractivity contribution is 6.02. The van der Waals surface area contributed by atoms with E-state index in [-0.39, 0.29) is 11.6 Å². The Bertz CT molecular complexity index is 861. The van der Waals surface area contributed by atoms with Crippen molar-refractivity contribution in [3.05, 3.63) is 83.9 Å². The Morgan fingerprint density at radius 3 is 2.40 bits per heavy atom. The minimum absolute atomic E-state index is 0.260. The molecule has 2 aromatic carbocycles. The van der Waals surface area contributed by atoms with E-state index in [2.05, 4.69) is 34.7 Å². The normalized spacial score (nSPS) is 10.3. The van der Waals surface area contributed by atoms with E-state index in [1.54, 1.807) is 24.4 Å². The molecule has 0 saturated carbocycles. The highest BCUT2D eigenvalue weighted by atomic mass is 19.1. The lowest BCUT2D eigenvalue weighted by molar-refractivity contribution is 0.102. The average Bonchev–Trinajstić information content (AvgIpc) is 2.63. The van der Waals surface area contributed by atoms with E-state index in [1.165, 1.54) is 23.8 Å². The number of aryl methyl sites for hydroxylation is 1. The maximum absolute atomic E-state index is 13.2. The van der Waals surface area contributed by atoms with Crippen molar-refractivity contribution in [2.75, 3.05) is 10.6 Å². The van der Waals surface area contributed by atoms with Gasteiger partial charge in [-0.05, 0) is 54.4 Å². The predicted molar refractivity (Wildman–Crippen MR) is 97.7 cm³/mol. The van der Waals surface area contributed by atoms with Gasteiger partial charge in [0.05, 0.1) is 11.9 Å². The van der Waals surface area contributed by atoms with Gasteiger partial charge in [-0.25, -0.2) is 9.37 Å². The van der Waals surface area contributed by atoms with Gasteiger partial charge in [-0.1, -0.05) is 25.1 Å². The second kappa shape index (κ2) is 7.57. The third-order valence-corrected chi connectivity index (χ3v) is 3.73. The number of nitrogens with one attached hydrogen (secondary N) is 2. The number of rotatable bonds is 5. The van der Waals surface area contributed by atoms with Crippen LogP contribution >= 0.6 is 0 Å². The number of hydrogen-bond acceptors (Lipinski definition) is 3. The first-order valence-corrected chi connectivity index (χ1v) is 8.03. The average molecular weight is 335 g/mol. The van der Waals surface area contributed by atoms with Crippen molar-refractivity contribution in [2.24, 2.45) is 0 Å². The number of hydrogen-bond donors (Lipinski definition) is 2. The van der Waals surface area contributed by atoms with Gasteiger partial charge >= 0.3 is 0 Å². The van der Waals surface area contributed by atoms with Crippen LogP contribution in [0.2, 0.25) is 0 Å². The van der Waals surface area contributed by atoms with Crippen LogP contribution in [-0.4, -0.2) is 10.9 Å². The van der Waals surface area contributed by atoms with Crippen LogP contribution in [0.25, 0.3) is 0 Å². The van der Waals surface area contributed by atoms with E-state index in [1.807, 2.05) is 12.1 Å². The summed E-state index contributed by atoms with van der Waals surface area (Å²) in [6.45, 7) is 2.11. The van der Waals surface area contributed by atoms with E-state index in [0.717, 1.165) is 17.8 Å². The van der Waals surface area contributed by atoms with Gasteiger partial charge in [0.25, 0.3) is 5.91 Å². The standard InChI is InChI=1S/C20H18FN3O/c1-2-14-6-8-16(9-7-14)23-18-10-11-19(22-13-18)20(25)24-17-5-3-4-15(21)12-17/h3-13,23H,2H2,1H3,(H,24,25). The van der Waals surface area contributed by atoms with Crippen molar-refractivity contribution in [3.63, 3.8) is 0 Å². The molecule has 2 N–H and O–H groups in total. The molecule has 1 aromatic heterocycles. The molecule has 0 bridgehead atoms. The zero-order valence-electron chi connectivity index (χ0n) is 13.8. The zero-order chi connectivity index (χ0) is 17.6. The van der Waals surface area contributed by atoms with Gasteiger partial charge in [0, 0.05) is 11.4 Å². The molecule has 0 spiro atoms. The van der Waals surface area contributed by atoms with Crippen LogP contribution in [-0.2, 0) is 6.42 Å². The summed E-state index contributed by atoms with van der Waals surface area (Å²) in [7, 11) is 0. The van der Waals surface area contributed by atoms with Crippen molar-refractivity contribution in [1.29, 1.82) is 0 Å². The molecule has 25 heavy (non-hydrogen) atoms. The Hall–Kier alpha value is -3.21. The van der Waals surface area contributed by atoms with Crippen LogP contribution in [0.4, 0.5) is 21.5 Å². The molecule has 1 amide bonds. The Kier molecular flexibility index (Phi) is 5.04. The number of carbonyl (C=O) groups is 1. The number of halogens is 1. The summed E-state index contributed by atoms with van der Waals surface area (Å²) < 4.78 is 13.2. The van der Waals surface area contributed by atoms with E-state index in [0.29, 0.717) is 5.69 Å². The molecule has 0 aliphatic rings. The molecule has 3 aromatic rings. The molecule has 3 rings (SSSR count). The van der Waals surface area contributed by atoms with E-state index >= 15 is 0 Å². The Balaban J connectivity index is 1.65. The van der Waals surface area contributed by atoms with Crippen LogP contribution in [0.1, 0.15) is 23.0 Å². The number of carbonyl (C=O) groups excluding carboxylic acids is 1. The maximum atomic E-state index is 13.2. The number of benzene rings is 2. The summed E-state index contributed by atoms with van der Waals surface area (Å²) in [6, 6.07) is 17.3. The minimum atomic E-state index is -0.403. The Labute approximate surface area is 145 Å². The molecular weight excluding hydrogens is 317 g/mol. The second-order valence-corrected chi connectivity index (χ2v) is 5.57. The minimum Gasteiger partial charge on any atom is -0.354 e. The molecule has 0 unspecified atom stereocenters. The quantitative estimate of drug-likeness (QED) is 0.705. The van der Waals surface area contributed by atoms with Crippen LogP contribution in [0.3, 0.4) is 0 Å². The van der Waals surface area contributed by atoms with Crippen LogP contribution in [0.5, 0.6) is 0 Å². The third kappa shape index (κ3) is 4.41. The fourth-order valence-electron chi connectivity index (χ4n) is 2.35. The lowest BCUT2D eigenvalue weighted by Gasteiger charge is -2.08. The number of nitrogens with zero attached hydrogens (tertiary/aromatic N) is 1. The number of pyridine rings is 1. The number of anilines is 3. The molecule has 0 radical (unpaired) electrons. The molecule has 0 saturated heterocycles. The van der Waals surface area contributed by atoms with Gasteiger partial charge in [0.2, 0.25) is 0 Å². The third-order valence-electron chi connectivity index (χ3n) is 3.73. The van der Waals surface area contributed by atoms with Crippen LogP contribution in [0.15, 0.2) is 66.9 Å². The van der Waals surface area contributed by atoms with E-state index < -0.39 is 5.82 Å². The first-order valence-electron chi connectivity index (χ1n) is 8.03. The second-order valence-electron chi connectivity index (χ2n) is 5.57. The highest BCUT2D eigenvalue weighted by Gasteiger charge is 2.08. The highest BCUT2D eigenvalue weighted by Crippen LogP contribution is 2.17. The summed E-state index contributed by atoms with van der Waals surface area (Å²) >= 11 is 0. The molecular formula is C20H18FN3O. The van der Waals surface area contributed by atoms with Crippen molar-refractivity contribution < 1.29 is 9.18 Å². The van der Waals surface area contributed by atoms with Crippen LogP contribution in [0, 0.1) is 5.82 Å². The van der Waals surface area contributed by atoms with Crippen molar-refractivity contribution in [2.45, 2.75) is 13.3 Å². The topological polar surface area (TPSA) is 54.0 Å². The fourth-order valence-corrected chi connectivity index (χ4v) is 2.35. The molecule has 1 heterocycles. The summed E-state index contributed by atoms with van der Waals surface area (Å²) in [6.07, 6.45) is 2.59. The molecule has 126 valence electrons. The molecule has 0 atom stereocenters. The number of amides is 1. The summed E-state index contributed by atoms with van der Waals surface area (Å²) in [5.41, 5.74) is 3.66. The summed E-state index contributed by atoms with van der Waals surface area (Å²) in [4.78, 5) is 16.3. The Morgan fingerprint density at radius 2 is 1.76 bits per heavy atom. The van der Waals surface area contributed by atoms with Gasteiger partial charge in [-0.2, -0.15) is 0 Å². The molecule has 0 aliphatic carbocycles. The van der Waals surface area contributed by atoms with E-state index in [4.69, 9.17) is 0 Å². The first-order chi connectivity index (χ1) is 12.1. The summed E-state index contributed by atoms with van der Waals surface area (Å²) in [5, 5.41) is 5.85. The number of aromatic nitrogens is 1. The van der Waals surface area contributed by atoms with Crippen molar-refractivity contribution >= 4 is 23.0 Å². The van der Waals surface area contributed by atoms with Gasteiger partial charge in [0.15, 0.2) is 0 Å². The zero-order valence-corrected chi connectivity index (χ0v) is 13.8. The van der Waals surface area contributed by atoms with Crippen LogP contribution < -0.4 is 10.6 Å². The monoisotopic (exact) mass is 335 g/mol. The SMILES string of the molecule is CCc1ccc(Nc2ccc(C(=O)Nc3cccc(F)c3)nc2)cc1. The molecule has 0 aliphatic heterocycles. The van der Waals surface area contributed by atoms with Crippen molar-refractivity contribution in [3.8, 4) is 0 Å². The Morgan fingerprint density at radius 1 is 1.00 bits per heavy atom. The fraction of sp³-hybridized carbons (Fsp3) is 0.100. The largest absolute Gasteiger partial charge is 0.354 e. The van der Waals surface area contributed by atoms with E-state index in [9.17, 15) is 9.18 Å².